The fourth-order valence-electron chi connectivity index (χ4n) is 3.65. The number of likely N-dealkylation sites (tertiary alicyclic amines) is 1. The molecule has 2 aliphatic carbocycles. The molecule has 3 atom stereocenters. The lowest BCUT2D eigenvalue weighted by Gasteiger charge is -2.27. The minimum Gasteiger partial charge on any atom is -0.444 e. The van der Waals surface area contributed by atoms with Gasteiger partial charge in [0.1, 0.15) is 23.7 Å². The summed E-state index contributed by atoms with van der Waals surface area (Å²) in [7, 11) is 0. The molecule has 1 saturated heterocycles. The maximum absolute atomic E-state index is 13.0. The molecule has 4 amide bonds. The molecular formula is C21H32N4O5S. The summed E-state index contributed by atoms with van der Waals surface area (Å²) in [6.07, 6.45) is 4.87. The van der Waals surface area contributed by atoms with E-state index in [0.29, 0.717) is 31.1 Å². The van der Waals surface area contributed by atoms with Gasteiger partial charge in [-0.25, -0.2) is 4.79 Å². The zero-order valence-corrected chi connectivity index (χ0v) is 19.2. The van der Waals surface area contributed by atoms with Gasteiger partial charge in [-0.05, 0) is 64.8 Å². The van der Waals surface area contributed by atoms with Crippen LogP contribution in [-0.2, 0) is 19.1 Å². The smallest absolute Gasteiger partial charge is 0.408 e. The van der Waals surface area contributed by atoms with Crippen LogP contribution in [0.25, 0.3) is 0 Å². The SMILES string of the molecule is C=CC1CC1(NC(=O)C1CCCN1C(=O)CNC(=O)OC(C)(C)C)C(=O)NSC1CC1. The Morgan fingerprint density at radius 2 is 1.94 bits per heavy atom. The minimum absolute atomic E-state index is 0.129. The number of amides is 4. The van der Waals surface area contributed by atoms with Crippen molar-refractivity contribution in [2.75, 3.05) is 13.1 Å². The molecule has 9 nitrogen and oxygen atoms in total. The van der Waals surface area contributed by atoms with Crippen LogP contribution in [0.3, 0.4) is 0 Å². The molecule has 1 aliphatic heterocycles. The van der Waals surface area contributed by atoms with Crippen LogP contribution >= 0.6 is 11.9 Å². The van der Waals surface area contributed by atoms with Crippen LogP contribution < -0.4 is 15.4 Å². The van der Waals surface area contributed by atoms with E-state index in [1.807, 2.05) is 0 Å². The number of carbonyl (C=O) groups excluding carboxylic acids is 4. The summed E-state index contributed by atoms with van der Waals surface area (Å²) < 4.78 is 8.00. The zero-order valence-electron chi connectivity index (χ0n) is 18.4. The second kappa shape index (κ2) is 9.10. The van der Waals surface area contributed by atoms with Crippen molar-refractivity contribution in [1.82, 2.24) is 20.3 Å². The van der Waals surface area contributed by atoms with Gasteiger partial charge in [-0.15, -0.1) is 6.58 Å². The third-order valence-electron chi connectivity index (χ3n) is 5.55. The van der Waals surface area contributed by atoms with Gasteiger partial charge in [0.15, 0.2) is 0 Å². The number of hydrogen-bond acceptors (Lipinski definition) is 6. The van der Waals surface area contributed by atoms with Gasteiger partial charge in [0.2, 0.25) is 11.8 Å². The van der Waals surface area contributed by atoms with Crippen LogP contribution in [0.15, 0.2) is 12.7 Å². The normalized spacial score (nSPS) is 27.3. The van der Waals surface area contributed by atoms with E-state index in [2.05, 4.69) is 21.9 Å². The van der Waals surface area contributed by atoms with Crippen LogP contribution in [0, 0.1) is 5.92 Å². The predicted molar refractivity (Wildman–Crippen MR) is 117 cm³/mol. The molecule has 0 aromatic carbocycles. The van der Waals surface area contributed by atoms with Crippen molar-refractivity contribution in [2.24, 2.45) is 5.92 Å². The number of nitrogens with one attached hydrogen (secondary N) is 3. The first-order valence-corrected chi connectivity index (χ1v) is 11.6. The summed E-state index contributed by atoms with van der Waals surface area (Å²) in [5.74, 6) is -1.05. The van der Waals surface area contributed by atoms with Crippen LogP contribution in [0.1, 0.15) is 52.9 Å². The summed E-state index contributed by atoms with van der Waals surface area (Å²) >= 11 is 1.41. The molecule has 3 unspecified atom stereocenters. The van der Waals surface area contributed by atoms with E-state index in [4.69, 9.17) is 4.74 Å². The highest BCUT2D eigenvalue weighted by Gasteiger charge is 2.60. The Kier molecular flexibility index (Phi) is 6.88. The van der Waals surface area contributed by atoms with E-state index in [-0.39, 0.29) is 30.2 Å². The Morgan fingerprint density at radius 3 is 2.52 bits per heavy atom. The highest BCUT2D eigenvalue weighted by Crippen LogP contribution is 2.45. The van der Waals surface area contributed by atoms with E-state index in [0.717, 1.165) is 12.8 Å². The van der Waals surface area contributed by atoms with Crippen molar-refractivity contribution in [3.05, 3.63) is 12.7 Å². The lowest BCUT2D eigenvalue weighted by Crippen LogP contribution is -2.55. The molecule has 0 aromatic rings. The van der Waals surface area contributed by atoms with Gasteiger partial charge in [-0.1, -0.05) is 6.08 Å². The first-order valence-electron chi connectivity index (χ1n) is 10.7. The molecule has 3 aliphatic rings. The summed E-state index contributed by atoms with van der Waals surface area (Å²) in [6.45, 7) is 9.14. The average Bonchev–Trinajstić information content (AvgIpc) is 3.59. The van der Waals surface area contributed by atoms with Crippen molar-refractivity contribution < 1.29 is 23.9 Å². The molecule has 3 rings (SSSR count). The van der Waals surface area contributed by atoms with Crippen LogP contribution in [-0.4, -0.2) is 64.2 Å². The molecule has 3 fully saturated rings. The summed E-state index contributed by atoms with van der Waals surface area (Å²) in [5, 5.41) is 5.79. The van der Waals surface area contributed by atoms with E-state index in [1.54, 1.807) is 26.8 Å². The van der Waals surface area contributed by atoms with Crippen molar-refractivity contribution in [1.29, 1.82) is 0 Å². The summed E-state index contributed by atoms with van der Waals surface area (Å²) in [5.41, 5.74) is -1.66. The lowest BCUT2D eigenvalue weighted by molar-refractivity contribution is -0.139. The van der Waals surface area contributed by atoms with E-state index in [9.17, 15) is 19.2 Å². The molecule has 0 spiro atoms. The number of rotatable bonds is 8. The minimum atomic E-state index is -0.993. The van der Waals surface area contributed by atoms with Crippen LogP contribution in [0.5, 0.6) is 0 Å². The maximum atomic E-state index is 13.0. The highest BCUT2D eigenvalue weighted by atomic mass is 32.2. The van der Waals surface area contributed by atoms with Gasteiger partial charge in [-0.3, -0.25) is 19.1 Å². The average molecular weight is 453 g/mol. The number of alkyl carbamates (subject to hydrolysis) is 1. The van der Waals surface area contributed by atoms with Crippen LogP contribution in [0.4, 0.5) is 4.79 Å². The number of carbonyl (C=O) groups is 4. The van der Waals surface area contributed by atoms with Gasteiger partial charge >= 0.3 is 6.09 Å². The molecular weight excluding hydrogens is 420 g/mol. The predicted octanol–water partition coefficient (Wildman–Crippen LogP) is 1.49. The van der Waals surface area contributed by atoms with Crippen LogP contribution in [0.2, 0.25) is 0 Å². The van der Waals surface area contributed by atoms with Gasteiger partial charge < -0.3 is 20.3 Å². The first-order chi connectivity index (χ1) is 14.6. The second-order valence-corrected chi connectivity index (χ2v) is 10.5. The van der Waals surface area contributed by atoms with Crippen molar-refractivity contribution >= 4 is 35.8 Å². The maximum Gasteiger partial charge on any atom is 0.408 e. The topological polar surface area (TPSA) is 117 Å². The largest absolute Gasteiger partial charge is 0.444 e. The molecule has 0 radical (unpaired) electrons. The van der Waals surface area contributed by atoms with E-state index >= 15 is 0 Å². The standard InChI is InChI=1S/C21H32N4O5S/c1-5-13-11-21(13,18(28)24-31-14-8-9-14)23-17(27)15-7-6-10-25(15)16(26)12-22-19(29)30-20(2,3)4/h5,13-15H,1,6-12H2,2-4H3,(H,22,29)(H,23,27)(H,24,28). The molecule has 31 heavy (non-hydrogen) atoms. The fourth-order valence-corrected chi connectivity index (χ4v) is 4.48. The third-order valence-corrected chi connectivity index (χ3v) is 6.66. The summed E-state index contributed by atoms with van der Waals surface area (Å²) in [6, 6.07) is -0.667. The Balaban J connectivity index is 1.55. The van der Waals surface area contributed by atoms with Gasteiger partial charge in [0.25, 0.3) is 5.91 Å². The Labute approximate surface area is 187 Å². The molecule has 1 heterocycles. The Hall–Kier alpha value is -2.23. The summed E-state index contributed by atoms with van der Waals surface area (Å²) in [4.78, 5) is 51.7. The number of hydrogen-bond donors (Lipinski definition) is 3. The first kappa shape index (κ1) is 23.4. The quantitative estimate of drug-likeness (QED) is 0.379. The van der Waals surface area contributed by atoms with Crippen molar-refractivity contribution in [3.8, 4) is 0 Å². The monoisotopic (exact) mass is 452 g/mol. The number of ether oxygens (including phenoxy) is 1. The fraction of sp³-hybridized carbons (Fsp3) is 0.714. The zero-order chi connectivity index (χ0) is 22.8. The molecule has 3 N–H and O–H groups in total. The number of nitrogens with zero attached hydrogens (tertiary/aromatic N) is 1. The van der Waals surface area contributed by atoms with E-state index in [1.165, 1.54) is 16.8 Å². The van der Waals surface area contributed by atoms with Crippen molar-refractivity contribution in [3.63, 3.8) is 0 Å². The second-order valence-electron chi connectivity index (χ2n) is 9.36. The Morgan fingerprint density at radius 1 is 1.23 bits per heavy atom. The van der Waals surface area contributed by atoms with Crippen molar-refractivity contribution in [2.45, 2.75) is 75.3 Å². The molecule has 0 bridgehead atoms. The Bertz CT molecular complexity index is 763. The molecule has 0 aromatic heterocycles. The van der Waals surface area contributed by atoms with Gasteiger partial charge in [-0.2, -0.15) is 0 Å². The van der Waals surface area contributed by atoms with Gasteiger partial charge in [0.05, 0.1) is 0 Å². The lowest BCUT2D eigenvalue weighted by atomic mass is 10.1. The highest BCUT2D eigenvalue weighted by molar-refractivity contribution is 7.98. The molecule has 172 valence electrons. The van der Waals surface area contributed by atoms with Gasteiger partial charge in [0, 0.05) is 17.7 Å². The van der Waals surface area contributed by atoms with E-state index < -0.39 is 23.3 Å². The molecule has 2 saturated carbocycles. The molecule has 10 heteroatoms. The third kappa shape index (κ3) is 5.93.